The van der Waals surface area contributed by atoms with E-state index in [1.807, 2.05) is 0 Å². The molecule has 44 heteroatoms. The van der Waals surface area contributed by atoms with Crippen molar-refractivity contribution in [3.8, 4) is 0 Å². The van der Waals surface area contributed by atoms with Gasteiger partial charge in [-0.15, -0.1) is 43.7 Å². The third-order valence-corrected chi connectivity index (χ3v) is 24.1. The van der Waals surface area contributed by atoms with Gasteiger partial charge in [0.15, 0.2) is 154 Å². The monoisotopic (exact) mass is 2030 g/mol. The van der Waals surface area contributed by atoms with Crippen LogP contribution in [0.5, 0.6) is 0 Å². The number of hydrogen-bond acceptors (Lipinski definition) is 0. The molecule has 0 fully saturated rings. The average molecular weight is 2030 g/mol. The summed E-state index contributed by atoms with van der Waals surface area (Å²) in [7, 11) is 0. The number of halogens is 42. The Morgan fingerprint density at radius 2 is 0.250 bits per heavy atom. The number of rotatable bonds is 12. The van der Waals surface area contributed by atoms with Crippen molar-refractivity contribution in [3.63, 3.8) is 0 Å². The van der Waals surface area contributed by atoms with E-state index in [0.717, 1.165) is 0 Å². The highest BCUT2D eigenvalue weighted by Crippen LogP contribution is 2.35. The lowest BCUT2D eigenvalue weighted by Crippen LogP contribution is -3.61. The molecule has 0 heterocycles. The summed E-state index contributed by atoms with van der Waals surface area (Å²) in [6, 6.07) is 39.8. The summed E-state index contributed by atoms with van der Waals surface area (Å²) in [5.74, 6) is -143. The fourth-order valence-corrected chi connectivity index (χ4v) is 17.4. The molecule has 0 unspecified atom stereocenters. The molecule has 0 aromatic heterocycles. The molecule has 0 aliphatic heterocycles. The van der Waals surface area contributed by atoms with E-state index >= 15 is 70.2 Å². The van der Waals surface area contributed by atoms with Crippen LogP contribution in [0.25, 0.3) is 0 Å². The Balaban J connectivity index is 0.000000205. The summed E-state index contributed by atoms with van der Waals surface area (Å²) in [4.78, 5) is 0. The van der Waals surface area contributed by atoms with Crippen LogP contribution in [0, 0.1) is 247 Å². The Hall–Kier alpha value is -10.6. The van der Waals surface area contributed by atoms with Gasteiger partial charge in [-0.2, -0.15) is 0 Å². The van der Waals surface area contributed by atoms with Crippen molar-refractivity contribution in [2.24, 2.45) is 0 Å². The topological polar surface area (TPSA) is 0 Å². The van der Waals surface area contributed by atoms with Crippen molar-refractivity contribution in [1.29, 1.82) is 0 Å². The summed E-state index contributed by atoms with van der Waals surface area (Å²) in [5, 5.41) is 0. The van der Waals surface area contributed by atoms with Crippen LogP contribution < -0.4 is 86.1 Å². The van der Waals surface area contributed by atoms with Crippen LogP contribution >= 0.6 is 0 Å². The summed E-state index contributed by atoms with van der Waals surface area (Å²) in [5.41, 5.74) is -25.3. The molecule has 12 aromatic rings. The van der Waals surface area contributed by atoms with Crippen LogP contribution in [0.4, 0.5) is 176 Å². The molecule has 12 aromatic carbocycles. The van der Waals surface area contributed by atoms with Gasteiger partial charge in [0.25, 0.3) is 0 Å². The van der Waals surface area contributed by atoms with E-state index in [2.05, 4.69) is 151 Å². The Morgan fingerprint density at radius 1 is 0.145 bits per heavy atom. The highest BCUT2D eigenvalue weighted by molar-refractivity contribution is 7.21. The summed E-state index contributed by atoms with van der Waals surface area (Å²) in [6.07, 6.45) is -14.4. The molecular formula is C80H36B2F40I2. The molecule has 0 amide bonds. The van der Waals surface area contributed by atoms with Crippen LogP contribution in [0.15, 0.2) is 109 Å². The third-order valence-electron chi connectivity index (χ3n) is 18.7. The van der Waals surface area contributed by atoms with Crippen LogP contribution in [0.2, 0.25) is 0 Å². The lowest BCUT2D eigenvalue weighted by atomic mass is 9.12. The highest BCUT2D eigenvalue weighted by Gasteiger charge is 2.55. The zero-order valence-corrected chi connectivity index (χ0v) is 65.7. The van der Waals surface area contributed by atoms with E-state index in [0.29, 0.717) is 0 Å². The molecule has 0 nitrogen and oxygen atoms in total. The quantitative estimate of drug-likeness (QED) is 0.0376. The van der Waals surface area contributed by atoms with Crippen LogP contribution in [-0.4, -0.2) is 12.3 Å². The summed E-state index contributed by atoms with van der Waals surface area (Å²) >= 11 is -0.0416. The molecule has 12 rings (SSSR count). The molecule has 656 valence electrons. The average Bonchev–Trinajstić information content (AvgIpc) is 0.684. The Morgan fingerprint density at radius 3 is 0.363 bits per heavy atom. The minimum Gasteiger partial charge on any atom is -0.207 e. The van der Waals surface area contributed by atoms with Crippen molar-refractivity contribution in [2.45, 2.75) is 52.4 Å². The van der Waals surface area contributed by atoms with Gasteiger partial charge in [-0.1, -0.05) is 102 Å². The molecule has 0 N–H and O–H groups in total. The second-order valence-corrected chi connectivity index (χ2v) is 34.0. The van der Waals surface area contributed by atoms with Gasteiger partial charge >= 0.3 is 42.4 Å². The van der Waals surface area contributed by atoms with E-state index in [-0.39, 0.29) is 53.2 Å². The second kappa shape index (κ2) is 36.6. The van der Waals surface area contributed by atoms with Crippen molar-refractivity contribution < 1.29 is 218 Å². The molecule has 124 heavy (non-hydrogen) atoms. The maximum absolute atomic E-state index is 15.4. The lowest BCUT2D eigenvalue weighted by molar-refractivity contribution is -0.597. The van der Waals surface area contributed by atoms with Crippen molar-refractivity contribution in [3.05, 3.63) is 367 Å². The largest absolute Gasteiger partial charge is 0.357 e. The Kier molecular flexibility index (Phi) is 28.7. The Labute approximate surface area is 690 Å². The standard InChI is InChI=1S/2C24BF20.C20H26I.C12H10I/c2*26-5-1(6(27)14(35)21(42)13(5)34)25(2-7(28)15(36)22(43)16(37)8(2)29,3-9(30)17(38)23(44)18(39)10(3)31)4-11(32)19(40)24(45)20(41)12(4)33;1-19(2,3)15-7-11-17(12-8-15)21-18-13-9-16(10-14-18)20(4,5)6;1-3-7-11(8-4-1)13-12-9-5-2-6-10-12/h;;7-14H,1-6H3;1-10H/q2*-1;2*+1. The van der Waals surface area contributed by atoms with Gasteiger partial charge in [-0.3, -0.25) is 0 Å². The minimum absolute atomic E-state index is 0.0287. The normalized spacial score (nSPS) is 11.9. The first-order chi connectivity index (χ1) is 57.5. The van der Waals surface area contributed by atoms with E-state index in [4.69, 9.17) is 0 Å². The first kappa shape index (κ1) is 97.2. The van der Waals surface area contributed by atoms with E-state index in [1.165, 1.54) is 25.4 Å². The van der Waals surface area contributed by atoms with Crippen molar-refractivity contribution in [1.82, 2.24) is 0 Å². The molecule has 0 saturated heterocycles. The highest BCUT2D eigenvalue weighted by atomic mass is 127. The molecule has 0 atom stereocenters. The van der Waals surface area contributed by atoms with E-state index in [9.17, 15) is 105 Å². The number of benzene rings is 12. The smallest absolute Gasteiger partial charge is 0.207 e. The zero-order chi connectivity index (χ0) is 93.3. The first-order valence-corrected chi connectivity index (χ1v) is 37.9. The predicted octanol–water partition coefficient (Wildman–Crippen LogP) is 13.9. The number of hydrogen-bond donors (Lipinski definition) is 0. The molecule has 0 bridgehead atoms. The van der Waals surface area contributed by atoms with Gasteiger partial charge in [0.1, 0.15) is 105 Å². The molecule has 0 spiro atoms. The predicted molar refractivity (Wildman–Crippen MR) is 356 cm³/mol. The van der Waals surface area contributed by atoms with Gasteiger partial charge in [-0.05, 0) is 70.5 Å². The molecule has 0 aliphatic carbocycles. The van der Waals surface area contributed by atoms with Crippen molar-refractivity contribution in [2.75, 3.05) is 0 Å². The SMILES string of the molecule is CC(C)(C)c1ccc([I+]c2ccc(C(C)(C)C)cc2)cc1.Fc1c(F)c(F)c([B-](c2c(F)c(F)c(F)c(F)c2F)(c2c(F)c(F)c(F)c(F)c2F)c2c(F)c(F)c(F)c(F)c2F)c(F)c1F.Fc1c(F)c(F)c([B-](c2c(F)c(F)c(F)c(F)c2F)(c2c(F)c(F)c(F)c(F)c2F)c2c(F)c(F)c(F)c(F)c2F)c(F)c1F.c1ccc([I+]c2ccccc2)cc1. The van der Waals surface area contributed by atoms with Crippen LogP contribution in [-0.2, 0) is 10.8 Å². The second-order valence-electron chi connectivity index (χ2n) is 27.9. The fourth-order valence-electron chi connectivity index (χ4n) is 13.0. The molecule has 0 saturated carbocycles. The van der Waals surface area contributed by atoms with Crippen LogP contribution in [0.3, 0.4) is 0 Å². The summed E-state index contributed by atoms with van der Waals surface area (Å²) in [6.45, 7) is 13.6. The minimum atomic E-state index is -7.22. The van der Waals surface area contributed by atoms with Crippen LogP contribution in [0.1, 0.15) is 52.7 Å². The van der Waals surface area contributed by atoms with Gasteiger partial charge in [-0.25, -0.2) is 176 Å². The molecular weight excluding hydrogens is 2000 g/mol. The van der Waals surface area contributed by atoms with Gasteiger partial charge < -0.3 is 0 Å². The first-order valence-electron chi connectivity index (χ1n) is 33.6. The fraction of sp³-hybridized carbons (Fsp3) is 0.100. The van der Waals surface area contributed by atoms with Crippen molar-refractivity contribution >= 4 is 56.0 Å². The summed E-state index contributed by atoms with van der Waals surface area (Å²) < 4.78 is 594. The van der Waals surface area contributed by atoms with E-state index < -0.39 is 289 Å². The molecule has 0 aliphatic rings. The van der Waals surface area contributed by atoms with E-state index in [1.54, 1.807) is 0 Å². The molecule has 0 radical (unpaired) electrons. The van der Waals surface area contributed by atoms with Gasteiger partial charge in [0.2, 0.25) is 0 Å². The third kappa shape index (κ3) is 16.7. The van der Waals surface area contributed by atoms with Gasteiger partial charge in [0, 0.05) is 0 Å². The zero-order valence-electron chi connectivity index (χ0n) is 61.4. The maximum atomic E-state index is 15.4. The lowest BCUT2D eigenvalue weighted by Gasteiger charge is -2.44. The van der Waals surface area contributed by atoms with Gasteiger partial charge in [0.05, 0.1) is 0 Å². The Bertz CT molecular complexity index is 5080. The maximum Gasteiger partial charge on any atom is 0.357 e.